The van der Waals surface area contributed by atoms with Crippen molar-refractivity contribution in [2.24, 2.45) is 0 Å². The van der Waals surface area contributed by atoms with Gasteiger partial charge in [-0.05, 0) is 19.9 Å². The number of aromatic nitrogens is 4. The fourth-order valence-corrected chi connectivity index (χ4v) is 2.51. The first-order chi connectivity index (χ1) is 10.8. The Labute approximate surface area is 128 Å². The Morgan fingerprint density at radius 2 is 1.87 bits per heavy atom. The number of aryl methyl sites for hydroxylation is 2. The number of fused-ring (bicyclic) bond motifs is 1. The molecule has 23 heavy (non-hydrogen) atoms. The minimum atomic E-state index is -0.852. The van der Waals surface area contributed by atoms with Crippen LogP contribution in [0.4, 0.5) is 5.69 Å². The van der Waals surface area contributed by atoms with E-state index in [1.807, 2.05) is 19.9 Å². The summed E-state index contributed by atoms with van der Waals surface area (Å²) in [5.74, 6) is 0. The first kappa shape index (κ1) is 14.7. The molecule has 0 radical (unpaired) electrons. The maximum Gasteiger partial charge on any atom is 0.314 e. The third-order valence-corrected chi connectivity index (χ3v) is 3.53. The SMILES string of the molecule is Cc1cc(C)n(Cc2cc([N+](=O)[O-])cc3[nH]c(=O)c(=O)[nH]c23)n1. The quantitative estimate of drug-likeness (QED) is 0.423. The van der Waals surface area contributed by atoms with Crippen LogP contribution in [-0.4, -0.2) is 24.7 Å². The number of H-pyrrole nitrogens is 2. The molecule has 0 saturated heterocycles. The van der Waals surface area contributed by atoms with Gasteiger partial charge in [0.15, 0.2) is 0 Å². The Morgan fingerprint density at radius 1 is 1.17 bits per heavy atom. The summed E-state index contributed by atoms with van der Waals surface area (Å²) in [6.45, 7) is 3.94. The van der Waals surface area contributed by atoms with Crippen molar-refractivity contribution in [1.82, 2.24) is 19.7 Å². The highest BCUT2D eigenvalue weighted by molar-refractivity contribution is 5.80. The number of non-ortho nitro benzene ring substituents is 1. The number of hydrogen-bond donors (Lipinski definition) is 2. The number of aromatic amines is 2. The number of nitro groups is 1. The largest absolute Gasteiger partial charge is 0.316 e. The highest BCUT2D eigenvalue weighted by atomic mass is 16.6. The van der Waals surface area contributed by atoms with Gasteiger partial charge in [-0.2, -0.15) is 5.10 Å². The fraction of sp³-hybridized carbons (Fsp3) is 0.214. The summed E-state index contributed by atoms with van der Waals surface area (Å²) in [6, 6.07) is 4.47. The Kier molecular flexibility index (Phi) is 3.32. The maximum atomic E-state index is 11.6. The van der Waals surface area contributed by atoms with Crippen molar-refractivity contribution in [2.75, 3.05) is 0 Å². The van der Waals surface area contributed by atoms with E-state index < -0.39 is 16.0 Å². The van der Waals surface area contributed by atoms with Crippen molar-refractivity contribution < 1.29 is 4.92 Å². The van der Waals surface area contributed by atoms with E-state index >= 15 is 0 Å². The third kappa shape index (κ3) is 2.63. The number of rotatable bonds is 3. The maximum absolute atomic E-state index is 11.6. The molecule has 3 rings (SSSR count). The molecule has 2 N–H and O–H groups in total. The predicted molar refractivity (Wildman–Crippen MR) is 82.6 cm³/mol. The second-order valence-electron chi connectivity index (χ2n) is 5.28. The van der Waals surface area contributed by atoms with Crippen LogP contribution in [0.15, 0.2) is 27.8 Å². The van der Waals surface area contributed by atoms with E-state index in [-0.39, 0.29) is 17.7 Å². The molecule has 2 aromatic heterocycles. The summed E-state index contributed by atoms with van der Waals surface area (Å²) in [4.78, 5) is 38.4. The molecule has 0 atom stereocenters. The van der Waals surface area contributed by atoms with Gasteiger partial charge in [0.05, 0.1) is 28.2 Å². The molecule has 0 fully saturated rings. The second-order valence-corrected chi connectivity index (χ2v) is 5.28. The molecule has 0 spiro atoms. The molecule has 0 amide bonds. The van der Waals surface area contributed by atoms with E-state index in [1.54, 1.807) is 4.68 Å². The average molecular weight is 315 g/mol. The third-order valence-electron chi connectivity index (χ3n) is 3.53. The normalized spacial score (nSPS) is 11.0. The van der Waals surface area contributed by atoms with Crippen LogP contribution < -0.4 is 11.1 Å². The Balaban J connectivity index is 2.26. The van der Waals surface area contributed by atoms with Gasteiger partial charge in [-0.15, -0.1) is 0 Å². The van der Waals surface area contributed by atoms with Gasteiger partial charge >= 0.3 is 11.1 Å². The average Bonchev–Trinajstić information content (AvgIpc) is 2.78. The molecule has 0 aliphatic heterocycles. The number of nitrogens with zero attached hydrogens (tertiary/aromatic N) is 3. The standard InChI is InChI=1S/C14H13N5O4/c1-7-3-8(2)18(17-7)6-9-4-10(19(22)23)5-11-12(9)16-14(21)13(20)15-11/h3-5H,6H2,1-2H3,(H,15,20)(H,16,21). The lowest BCUT2D eigenvalue weighted by Gasteiger charge is -2.08. The van der Waals surface area contributed by atoms with E-state index in [0.717, 1.165) is 11.4 Å². The number of nitrogens with one attached hydrogen (secondary N) is 2. The minimum absolute atomic E-state index is 0.170. The molecule has 2 heterocycles. The van der Waals surface area contributed by atoms with Crippen molar-refractivity contribution in [3.05, 3.63) is 66.0 Å². The number of nitro benzene ring substituents is 1. The molecule has 0 unspecified atom stereocenters. The van der Waals surface area contributed by atoms with E-state index in [4.69, 9.17) is 0 Å². The van der Waals surface area contributed by atoms with Crippen molar-refractivity contribution in [3.63, 3.8) is 0 Å². The Morgan fingerprint density at radius 3 is 2.48 bits per heavy atom. The van der Waals surface area contributed by atoms with Crippen LogP contribution in [0.5, 0.6) is 0 Å². The predicted octanol–water partition coefficient (Wildman–Crippen LogP) is 0.986. The van der Waals surface area contributed by atoms with Crippen molar-refractivity contribution in [2.45, 2.75) is 20.4 Å². The highest BCUT2D eigenvalue weighted by Crippen LogP contribution is 2.22. The lowest BCUT2D eigenvalue weighted by Crippen LogP contribution is -2.29. The molecule has 9 heteroatoms. The van der Waals surface area contributed by atoms with Gasteiger partial charge in [-0.1, -0.05) is 0 Å². The van der Waals surface area contributed by atoms with Gasteiger partial charge in [-0.3, -0.25) is 24.4 Å². The monoisotopic (exact) mass is 315 g/mol. The van der Waals surface area contributed by atoms with Crippen LogP contribution in [-0.2, 0) is 6.54 Å². The first-order valence-corrected chi connectivity index (χ1v) is 6.80. The summed E-state index contributed by atoms with van der Waals surface area (Å²) < 4.78 is 1.68. The number of hydrogen-bond acceptors (Lipinski definition) is 5. The Hall–Kier alpha value is -3.23. The van der Waals surface area contributed by atoms with Crippen LogP contribution in [0.25, 0.3) is 11.0 Å². The minimum Gasteiger partial charge on any atom is -0.316 e. The lowest BCUT2D eigenvalue weighted by molar-refractivity contribution is -0.384. The van der Waals surface area contributed by atoms with Gasteiger partial charge in [-0.25, -0.2) is 0 Å². The molecule has 1 aromatic carbocycles. The molecule has 0 aliphatic carbocycles. The van der Waals surface area contributed by atoms with Crippen LogP contribution >= 0.6 is 0 Å². The zero-order valence-corrected chi connectivity index (χ0v) is 12.4. The molecule has 0 saturated carbocycles. The summed E-state index contributed by atoms with van der Waals surface area (Å²) in [5, 5.41) is 15.4. The summed E-state index contributed by atoms with van der Waals surface area (Å²) in [5.41, 5.74) is 0.933. The van der Waals surface area contributed by atoms with Gasteiger partial charge in [0, 0.05) is 23.4 Å². The fourth-order valence-electron chi connectivity index (χ4n) is 2.51. The zero-order valence-electron chi connectivity index (χ0n) is 12.4. The topological polar surface area (TPSA) is 127 Å². The van der Waals surface area contributed by atoms with Crippen LogP contribution in [0.1, 0.15) is 17.0 Å². The van der Waals surface area contributed by atoms with Gasteiger partial charge < -0.3 is 9.97 Å². The van der Waals surface area contributed by atoms with E-state index in [0.29, 0.717) is 11.1 Å². The van der Waals surface area contributed by atoms with Gasteiger partial charge in [0.2, 0.25) is 0 Å². The molecule has 0 bridgehead atoms. The summed E-state index contributed by atoms with van der Waals surface area (Å²) in [7, 11) is 0. The van der Waals surface area contributed by atoms with Crippen LogP contribution in [0.3, 0.4) is 0 Å². The first-order valence-electron chi connectivity index (χ1n) is 6.80. The summed E-state index contributed by atoms with van der Waals surface area (Å²) >= 11 is 0. The van der Waals surface area contributed by atoms with Gasteiger partial charge in [0.1, 0.15) is 0 Å². The van der Waals surface area contributed by atoms with E-state index in [9.17, 15) is 19.7 Å². The molecular formula is C14H13N5O4. The van der Waals surface area contributed by atoms with E-state index in [1.165, 1.54) is 12.1 Å². The second kappa shape index (κ2) is 5.20. The van der Waals surface area contributed by atoms with Gasteiger partial charge in [0.25, 0.3) is 5.69 Å². The highest BCUT2D eigenvalue weighted by Gasteiger charge is 2.15. The molecular weight excluding hydrogens is 302 g/mol. The zero-order chi connectivity index (χ0) is 16.7. The smallest absolute Gasteiger partial charge is 0.314 e. The number of benzene rings is 1. The molecule has 0 aliphatic rings. The molecule has 3 aromatic rings. The van der Waals surface area contributed by atoms with Crippen molar-refractivity contribution >= 4 is 16.7 Å². The Bertz CT molecular complexity index is 1040. The van der Waals surface area contributed by atoms with Crippen molar-refractivity contribution in [3.8, 4) is 0 Å². The molecule has 118 valence electrons. The van der Waals surface area contributed by atoms with Crippen molar-refractivity contribution in [1.29, 1.82) is 0 Å². The van der Waals surface area contributed by atoms with Crippen LogP contribution in [0, 0.1) is 24.0 Å². The molecule has 9 nitrogen and oxygen atoms in total. The lowest BCUT2D eigenvalue weighted by atomic mass is 10.1. The van der Waals surface area contributed by atoms with Crippen LogP contribution in [0.2, 0.25) is 0 Å². The van der Waals surface area contributed by atoms with E-state index in [2.05, 4.69) is 15.1 Å². The summed E-state index contributed by atoms with van der Waals surface area (Å²) in [6.07, 6.45) is 0.